The minimum Gasteiger partial charge on any atom is -0.482 e. The lowest BCUT2D eigenvalue weighted by atomic mass is 9.97. The van der Waals surface area contributed by atoms with Gasteiger partial charge >= 0.3 is 11.9 Å². The van der Waals surface area contributed by atoms with E-state index >= 15 is 0 Å². The number of benzene rings is 2. The van der Waals surface area contributed by atoms with Crippen LogP contribution in [0.2, 0.25) is 0 Å². The van der Waals surface area contributed by atoms with E-state index in [1.165, 1.54) is 7.11 Å². The van der Waals surface area contributed by atoms with E-state index in [-0.39, 0.29) is 13.0 Å². The molecule has 1 aliphatic heterocycles. The number of fused-ring (bicyclic) bond motifs is 3. The summed E-state index contributed by atoms with van der Waals surface area (Å²) in [7, 11) is 1.32. The van der Waals surface area contributed by atoms with Crippen LogP contribution in [0.15, 0.2) is 53.5 Å². The van der Waals surface area contributed by atoms with Crippen LogP contribution < -0.4 is 4.74 Å². The minimum absolute atomic E-state index is 0.162. The second kappa shape index (κ2) is 10.2. The first kappa shape index (κ1) is 25.3. The van der Waals surface area contributed by atoms with Crippen molar-refractivity contribution >= 4 is 29.0 Å². The van der Waals surface area contributed by atoms with Gasteiger partial charge in [0, 0.05) is 16.0 Å². The topological polar surface area (TPSA) is 116 Å². The van der Waals surface area contributed by atoms with Crippen molar-refractivity contribution in [1.82, 2.24) is 14.8 Å². The number of hydrogen-bond donors (Lipinski definition) is 1. The molecule has 0 amide bonds. The molecule has 194 valence electrons. The number of aromatic nitrogens is 3. The Balaban J connectivity index is 1.55. The van der Waals surface area contributed by atoms with Gasteiger partial charge in [0.1, 0.15) is 22.6 Å². The number of thiophene rings is 1. The van der Waals surface area contributed by atoms with E-state index in [4.69, 9.17) is 9.73 Å². The Bertz CT molecular complexity index is 1570. The molecule has 1 atom stereocenters. The molecule has 0 aliphatic carbocycles. The van der Waals surface area contributed by atoms with Gasteiger partial charge in [0.15, 0.2) is 12.4 Å². The molecular formula is C28H26N4O5S. The summed E-state index contributed by atoms with van der Waals surface area (Å²) in [6, 6.07) is 14.8. The van der Waals surface area contributed by atoms with E-state index in [1.54, 1.807) is 17.4 Å². The van der Waals surface area contributed by atoms with Crippen molar-refractivity contribution in [1.29, 1.82) is 0 Å². The number of aryl methyl sites for hydroxylation is 2. The molecule has 0 saturated carbocycles. The fraction of sp³-hybridized carbons (Fsp3) is 0.250. The number of carbonyl (C=O) groups excluding carboxylic acids is 1. The summed E-state index contributed by atoms with van der Waals surface area (Å²) in [6.45, 7) is 5.83. The van der Waals surface area contributed by atoms with Crippen molar-refractivity contribution in [2.24, 2.45) is 4.99 Å². The van der Waals surface area contributed by atoms with Crippen molar-refractivity contribution in [3.8, 4) is 21.9 Å². The van der Waals surface area contributed by atoms with Gasteiger partial charge in [0.05, 0.1) is 19.2 Å². The smallest absolute Gasteiger partial charge is 0.343 e. The molecule has 1 aliphatic rings. The van der Waals surface area contributed by atoms with Crippen molar-refractivity contribution in [2.45, 2.75) is 33.2 Å². The fourth-order valence-corrected chi connectivity index (χ4v) is 5.69. The molecular weight excluding hydrogens is 504 g/mol. The minimum atomic E-state index is -0.951. The molecule has 0 fully saturated rings. The molecule has 3 heterocycles. The Morgan fingerprint density at radius 1 is 1.03 bits per heavy atom. The van der Waals surface area contributed by atoms with Gasteiger partial charge in [-0.15, -0.1) is 21.5 Å². The molecule has 0 radical (unpaired) electrons. The first-order chi connectivity index (χ1) is 18.3. The summed E-state index contributed by atoms with van der Waals surface area (Å²) in [4.78, 5) is 29.3. The van der Waals surface area contributed by atoms with Crippen LogP contribution >= 0.6 is 11.3 Å². The number of esters is 1. The molecule has 9 nitrogen and oxygen atoms in total. The zero-order valence-corrected chi connectivity index (χ0v) is 22.2. The number of carboxylic acids is 1. The Hall–Kier alpha value is -4.31. The highest BCUT2D eigenvalue weighted by molar-refractivity contribution is 7.15. The lowest BCUT2D eigenvalue weighted by Crippen LogP contribution is -2.12. The molecule has 2 aromatic heterocycles. The third kappa shape index (κ3) is 4.70. The third-order valence-corrected chi connectivity index (χ3v) is 7.71. The zero-order valence-electron chi connectivity index (χ0n) is 21.4. The van der Waals surface area contributed by atoms with Crippen LogP contribution in [0.4, 0.5) is 0 Å². The largest absolute Gasteiger partial charge is 0.482 e. The highest BCUT2D eigenvalue weighted by atomic mass is 32.1. The maximum Gasteiger partial charge on any atom is 0.343 e. The van der Waals surface area contributed by atoms with Gasteiger partial charge in [-0.1, -0.05) is 36.4 Å². The standard InChI is InChI=1S/C28H26N4O5S/c1-15-16(2)38-28-25(15)26(29-22(13-23(33)34)27-31-30-17(3)32(27)28)19-10-8-18(9-11-19)20-6-5-7-21(12-20)37-14-24(35)36-4/h5-12,22H,13-14H2,1-4H3,(H,33,34)/t22-/m0/s1. The van der Waals surface area contributed by atoms with Crippen LogP contribution in [0.3, 0.4) is 0 Å². The number of aliphatic imine (C=N–C) groups is 1. The normalized spacial score (nSPS) is 14.2. The highest BCUT2D eigenvalue weighted by Crippen LogP contribution is 2.39. The predicted molar refractivity (Wildman–Crippen MR) is 143 cm³/mol. The highest BCUT2D eigenvalue weighted by Gasteiger charge is 2.32. The number of carboxylic acid groups (broad SMARTS) is 1. The SMILES string of the molecule is COC(=O)COc1cccc(-c2ccc(C3=N[C@@H](CC(=O)O)c4nnc(C)n4-c4sc(C)c(C)c43)cc2)c1. The maximum absolute atomic E-state index is 11.7. The lowest BCUT2D eigenvalue weighted by Gasteiger charge is -2.12. The molecule has 2 aromatic carbocycles. The number of ether oxygens (including phenoxy) is 2. The zero-order chi connectivity index (χ0) is 27.0. The molecule has 1 N–H and O–H groups in total. The van der Waals surface area contributed by atoms with Gasteiger partial charge in [0.25, 0.3) is 0 Å². The second-order valence-corrected chi connectivity index (χ2v) is 10.2. The average molecular weight is 531 g/mol. The number of aliphatic carboxylic acids is 1. The van der Waals surface area contributed by atoms with E-state index in [2.05, 4.69) is 28.8 Å². The van der Waals surface area contributed by atoms with Crippen molar-refractivity contribution in [3.63, 3.8) is 0 Å². The van der Waals surface area contributed by atoms with Gasteiger partial charge in [0.2, 0.25) is 0 Å². The average Bonchev–Trinajstić information content (AvgIpc) is 3.39. The fourth-order valence-electron chi connectivity index (χ4n) is 4.48. The van der Waals surface area contributed by atoms with E-state index in [0.717, 1.165) is 43.4 Å². The Labute approximate surface area is 223 Å². The van der Waals surface area contributed by atoms with Gasteiger partial charge in [-0.2, -0.15) is 0 Å². The van der Waals surface area contributed by atoms with E-state index in [9.17, 15) is 14.7 Å². The van der Waals surface area contributed by atoms with Crippen molar-refractivity contribution in [2.75, 3.05) is 13.7 Å². The van der Waals surface area contributed by atoms with Crippen molar-refractivity contribution in [3.05, 3.63) is 81.7 Å². The first-order valence-corrected chi connectivity index (χ1v) is 12.8. The van der Waals surface area contributed by atoms with Crippen LogP contribution in [-0.2, 0) is 14.3 Å². The summed E-state index contributed by atoms with van der Waals surface area (Å²) in [5.74, 6) is 0.389. The molecule has 0 unspecified atom stereocenters. The molecule has 38 heavy (non-hydrogen) atoms. The summed E-state index contributed by atoms with van der Waals surface area (Å²) in [5, 5.41) is 19.1. The number of carbonyl (C=O) groups is 2. The Morgan fingerprint density at radius 2 is 1.76 bits per heavy atom. The van der Waals surface area contributed by atoms with Gasteiger partial charge in [-0.05, 0) is 49.6 Å². The number of rotatable bonds is 7. The molecule has 0 bridgehead atoms. The van der Waals surface area contributed by atoms with E-state index in [0.29, 0.717) is 17.4 Å². The van der Waals surface area contributed by atoms with Crippen molar-refractivity contribution < 1.29 is 24.2 Å². The summed E-state index contributed by atoms with van der Waals surface area (Å²) < 4.78 is 12.1. The quantitative estimate of drug-likeness (QED) is 0.340. The number of methoxy groups -OCH3 is 1. The van der Waals surface area contributed by atoms with E-state index in [1.807, 2.05) is 54.0 Å². The second-order valence-electron chi connectivity index (χ2n) is 8.97. The predicted octanol–water partition coefficient (Wildman–Crippen LogP) is 4.84. The van der Waals surface area contributed by atoms with Gasteiger partial charge in [-0.3, -0.25) is 14.4 Å². The van der Waals surface area contributed by atoms with Crippen LogP contribution in [0.5, 0.6) is 5.75 Å². The van der Waals surface area contributed by atoms with Crippen LogP contribution in [0, 0.1) is 20.8 Å². The number of nitrogens with zero attached hydrogens (tertiary/aromatic N) is 4. The Kier molecular flexibility index (Phi) is 6.81. The summed E-state index contributed by atoms with van der Waals surface area (Å²) in [6.07, 6.45) is -0.189. The lowest BCUT2D eigenvalue weighted by molar-refractivity contribution is -0.143. The molecule has 0 spiro atoms. The first-order valence-electron chi connectivity index (χ1n) is 12.0. The van der Waals surface area contributed by atoms with Gasteiger partial charge < -0.3 is 14.6 Å². The molecule has 4 aromatic rings. The molecule has 5 rings (SSSR count). The van der Waals surface area contributed by atoms with Gasteiger partial charge in [-0.25, -0.2) is 4.79 Å². The Morgan fingerprint density at radius 3 is 2.47 bits per heavy atom. The van der Waals surface area contributed by atoms with Crippen LogP contribution in [0.1, 0.15) is 45.7 Å². The maximum atomic E-state index is 11.7. The van der Waals surface area contributed by atoms with Crippen LogP contribution in [-0.4, -0.2) is 51.2 Å². The molecule has 10 heteroatoms. The number of hydrogen-bond acceptors (Lipinski definition) is 8. The van der Waals surface area contributed by atoms with E-state index < -0.39 is 18.0 Å². The third-order valence-electron chi connectivity index (χ3n) is 6.52. The van der Waals surface area contributed by atoms with Crippen LogP contribution in [0.25, 0.3) is 16.1 Å². The monoisotopic (exact) mass is 530 g/mol. The molecule has 0 saturated heterocycles. The summed E-state index contributed by atoms with van der Waals surface area (Å²) >= 11 is 1.63. The summed E-state index contributed by atoms with van der Waals surface area (Å²) in [5.41, 5.74) is 5.56.